The maximum atomic E-state index is 12.5. The number of Topliss-reactive ketones (excluding diaryl/α,β-unsaturated/α-hetero) is 5. The number of nitrogens with zero attached hydrogens (tertiary/aromatic N) is 2. The highest BCUT2D eigenvalue weighted by atomic mass is 32.2. The number of aromatic nitrogens is 2. The third kappa shape index (κ3) is 32.0. The average Bonchev–Trinajstić information content (AvgIpc) is 0.843. The number of carbonyl (C=O) groups is 5. The minimum atomic E-state index is -0.517. The Morgan fingerprint density at radius 3 is 1.59 bits per heavy atom. The Labute approximate surface area is 689 Å². The predicted octanol–water partition coefficient (Wildman–Crippen LogP) is 25.1. The van der Waals surface area contributed by atoms with Crippen molar-refractivity contribution in [1.82, 2.24) is 9.97 Å². The number of pyridine rings is 2. The molecule has 0 spiro atoms. The Morgan fingerprint density at radius 1 is 0.500 bits per heavy atom. The zero-order valence-electron chi connectivity index (χ0n) is 70.6. The fourth-order valence-electron chi connectivity index (χ4n) is 11.5. The van der Waals surface area contributed by atoms with E-state index in [1.165, 1.54) is 69.8 Å². The third-order valence-corrected chi connectivity index (χ3v) is 20.5. The van der Waals surface area contributed by atoms with Crippen molar-refractivity contribution in [3.63, 3.8) is 0 Å². The molecule has 0 aliphatic heterocycles. The molecule has 2 heterocycles. The number of halogens is 1. The molecule has 17 heteroatoms. The van der Waals surface area contributed by atoms with Crippen LogP contribution >= 0.6 is 35.3 Å². The number of aliphatic hydroxyl groups excluding tert-OH is 1. The minimum Gasteiger partial charge on any atom is -0.508 e. The number of aliphatic hydroxyl groups is 1. The zero-order valence-corrected chi connectivity index (χ0v) is 73.1. The second-order valence-electron chi connectivity index (χ2n) is 26.8. The number of fused-ring (bicyclic) bond motifs is 2. The average molecular weight is 1600 g/mol. The Balaban J connectivity index is 0.000000334. The summed E-state index contributed by atoms with van der Waals surface area (Å²) in [6, 6.07) is 55.7. The lowest BCUT2D eigenvalue weighted by molar-refractivity contribution is 0.1000. The first kappa shape index (κ1) is 98.0. The molecule has 606 valence electrons. The van der Waals surface area contributed by atoms with Crippen LogP contribution in [0.4, 0.5) is 4.39 Å². The lowest BCUT2D eigenvalue weighted by Crippen LogP contribution is -2.03. The summed E-state index contributed by atoms with van der Waals surface area (Å²) in [4.78, 5) is 68.8. The molecule has 0 fully saturated rings. The van der Waals surface area contributed by atoms with Crippen LogP contribution in [0.3, 0.4) is 0 Å². The molecule has 0 amide bonds. The first-order valence-electron chi connectivity index (χ1n) is 38.3. The van der Waals surface area contributed by atoms with Gasteiger partial charge in [0.2, 0.25) is 0 Å². The van der Waals surface area contributed by atoms with E-state index < -0.39 is 6.10 Å². The molecule has 0 radical (unpaired) electrons. The van der Waals surface area contributed by atoms with Crippen LogP contribution in [0.15, 0.2) is 197 Å². The van der Waals surface area contributed by atoms with Crippen LogP contribution in [0.25, 0.3) is 27.9 Å². The Morgan fingerprint density at radius 2 is 1.07 bits per heavy atom. The second-order valence-corrected chi connectivity index (χ2v) is 29.9. The van der Waals surface area contributed by atoms with Gasteiger partial charge in [0, 0.05) is 67.1 Å². The monoisotopic (exact) mass is 1600 g/mol. The van der Waals surface area contributed by atoms with E-state index in [0.717, 1.165) is 93.0 Å². The van der Waals surface area contributed by atoms with Crippen molar-refractivity contribution in [1.29, 1.82) is 0 Å². The number of hydrogen-bond donors (Lipinski definition) is 5. The highest BCUT2D eigenvalue weighted by Crippen LogP contribution is 2.32. The van der Waals surface area contributed by atoms with Crippen LogP contribution in [0, 0.1) is 54.3 Å². The number of thioether (sulfide) groups is 3. The van der Waals surface area contributed by atoms with Gasteiger partial charge in [-0.2, -0.15) is 0 Å². The van der Waals surface area contributed by atoms with E-state index in [2.05, 4.69) is 117 Å². The van der Waals surface area contributed by atoms with Gasteiger partial charge in [0.1, 0.15) is 46.0 Å². The molecule has 0 aliphatic rings. The Bertz CT molecular complexity index is 4990. The Kier molecular flexibility index (Phi) is 43.7. The number of hydrogen-bond acceptors (Lipinski definition) is 16. The highest BCUT2D eigenvalue weighted by Gasteiger charge is 2.16. The molecular formula is C97H117FN2O11S3. The van der Waals surface area contributed by atoms with Crippen molar-refractivity contribution in [2.75, 3.05) is 24.9 Å². The number of ether oxygens (including phenoxy) is 1. The van der Waals surface area contributed by atoms with E-state index in [9.17, 15) is 53.9 Å². The molecule has 1 atom stereocenters. The van der Waals surface area contributed by atoms with Crippen molar-refractivity contribution in [2.24, 2.45) is 0 Å². The number of rotatable bonds is 18. The molecule has 11 rings (SSSR count). The topological polar surface area (TPSA) is 222 Å². The molecule has 114 heavy (non-hydrogen) atoms. The molecule has 5 N–H and O–H groups in total. The van der Waals surface area contributed by atoms with Gasteiger partial charge in [0.25, 0.3) is 0 Å². The molecule has 1 unspecified atom stereocenters. The zero-order chi connectivity index (χ0) is 85.5. The van der Waals surface area contributed by atoms with E-state index in [-0.39, 0.29) is 57.7 Å². The molecular weight excluding hydrogens is 1480 g/mol. The third-order valence-electron chi connectivity index (χ3n) is 18.1. The van der Waals surface area contributed by atoms with Crippen molar-refractivity contribution >= 4 is 92.1 Å². The molecule has 0 bridgehead atoms. The summed E-state index contributed by atoms with van der Waals surface area (Å²) in [6.45, 7) is 37.0. The van der Waals surface area contributed by atoms with E-state index in [0.29, 0.717) is 57.1 Å². The standard InChI is InChI=1S/C14H15NO.C13H13NOS.C12H14O2.C11H14O3.C11H14O2.C10H14O2.C9H11F.C9H12S.C8H10S/c1-3-4-11-5-7-14-12(9-11)6-8-13(15-14)10(2)16;1-3-16-11-6-4-10-5-7-12(9(2)15)14-13(10)8-11;1-4-5-10-6-11(9(3)13)8(2)12(14)7-10;1-4-14-10-6-5-9(13)7(2)11(10)8(3)12;1-4-9-5-10(8(3)12)7(2)11(13)6-9;1-6-4-5-9(8(3)11)7(2)10(6)12;1-3-8-6-9(10)5-4-7(8)2;1-3-8-6-4-5-7-9(8)10-2;1-7-3-5-8(9-2)6-4-7/h5-9H,3-4H2,1-2H3;4-8H,3H2,1-2H3;4-7,14H,1-3H3;5-6,13H,4H2,1-3H3;5-6,13H,4H2,1-3H3;4-5,8,11-12H,1-3H3;4-6H,3H2,1-2H3;4-7H,3H2,1-2H3;3-6H,1-2H3/b;;5-4+;;;;;;. The van der Waals surface area contributed by atoms with Gasteiger partial charge in [-0.1, -0.05) is 132 Å². The number of phenolic OH excluding ortho intramolecular Hbond substituents is 4. The normalized spacial score (nSPS) is 10.5. The number of benzene rings is 9. The molecule has 0 aliphatic carbocycles. The van der Waals surface area contributed by atoms with Crippen LogP contribution in [-0.2, 0) is 25.7 Å². The lowest BCUT2D eigenvalue weighted by Gasteiger charge is -2.11. The summed E-state index contributed by atoms with van der Waals surface area (Å²) in [7, 11) is 0. The first-order chi connectivity index (χ1) is 54.1. The lowest BCUT2D eigenvalue weighted by atomic mass is 10.00. The summed E-state index contributed by atoms with van der Waals surface area (Å²) in [5.74, 6) is 2.14. The van der Waals surface area contributed by atoms with Gasteiger partial charge in [0.15, 0.2) is 28.9 Å². The van der Waals surface area contributed by atoms with Crippen LogP contribution in [0.2, 0.25) is 0 Å². The van der Waals surface area contributed by atoms with Gasteiger partial charge in [-0.15, -0.1) is 35.3 Å². The molecule has 2 aromatic heterocycles. The quantitative estimate of drug-likeness (QED) is 0.0398. The van der Waals surface area contributed by atoms with Crippen molar-refractivity contribution < 1.29 is 58.6 Å². The molecule has 13 nitrogen and oxygen atoms in total. The molecule has 0 saturated heterocycles. The van der Waals surface area contributed by atoms with Crippen LogP contribution in [0.5, 0.6) is 28.7 Å². The van der Waals surface area contributed by atoms with Gasteiger partial charge < -0.3 is 30.3 Å². The van der Waals surface area contributed by atoms with Crippen molar-refractivity contribution in [2.45, 2.75) is 191 Å². The maximum absolute atomic E-state index is 12.5. The van der Waals surface area contributed by atoms with Crippen LogP contribution in [0.1, 0.15) is 227 Å². The fraction of sp³-hybridized carbons (Fsp3) is 0.309. The number of aromatic hydroxyl groups is 4. The summed E-state index contributed by atoms with van der Waals surface area (Å²) in [5, 5.41) is 49.5. The summed E-state index contributed by atoms with van der Waals surface area (Å²) in [5.41, 5.74) is 17.0. The van der Waals surface area contributed by atoms with Gasteiger partial charge in [0.05, 0.1) is 29.3 Å². The largest absolute Gasteiger partial charge is 0.508 e. The minimum absolute atomic E-state index is 0.00287. The van der Waals surface area contributed by atoms with E-state index in [4.69, 9.17) is 4.74 Å². The first-order valence-corrected chi connectivity index (χ1v) is 41.7. The van der Waals surface area contributed by atoms with E-state index >= 15 is 0 Å². The summed E-state index contributed by atoms with van der Waals surface area (Å²) in [6.07, 6.45) is 12.5. The summed E-state index contributed by atoms with van der Waals surface area (Å²) < 4.78 is 17.8. The molecule has 9 aromatic carbocycles. The maximum Gasteiger partial charge on any atom is 0.178 e. The fourth-order valence-corrected chi connectivity index (χ4v) is 13.2. The second kappa shape index (κ2) is 50.8. The van der Waals surface area contributed by atoms with Crippen LogP contribution in [-0.4, -0.2) is 89.3 Å². The van der Waals surface area contributed by atoms with Crippen molar-refractivity contribution in [3.8, 4) is 28.7 Å². The number of carbonyl (C=O) groups excluding carboxylic acids is 5. The van der Waals surface area contributed by atoms with Crippen LogP contribution < -0.4 is 4.74 Å². The van der Waals surface area contributed by atoms with Crippen molar-refractivity contribution in [3.05, 3.63) is 288 Å². The SMILES string of the molecule is C/C=C/c1cc(O)c(C)c(C(C)=O)c1.CCCc1ccc2nc(C(C)=O)ccc2c1.CCOc1ccc(O)c(C)c1C(C)=O.CCSc1ccc2ccc(C(C)=O)nc2c1.CCc1cc(F)ccc1C.CCc1cc(O)c(C)c(C(C)=O)c1.CCc1ccccc1SC.CSc1ccc(C)cc1.Cc1ccc(C(C)O)c(C)c1O. The van der Waals surface area contributed by atoms with Gasteiger partial charge in [-0.25, -0.2) is 14.4 Å². The van der Waals surface area contributed by atoms with E-state index in [1.807, 2.05) is 127 Å². The Hall–Kier alpha value is -10.2. The van der Waals surface area contributed by atoms with Gasteiger partial charge >= 0.3 is 0 Å². The predicted molar refractivity (Wildman–Crippen MR) is 477 cm³/mol. The molecule has 0 saturated carbocycles. The van der Waals surface area contributed by atoms with E-state index in [1.54, 1.807) is 108 Å². The summed E-state index contributed by atoms with van der Waals surface area (Å²) >= 11 is 5.38. The number of aryl methyl sites for hydroxylation is 7. The van der Waals surface area contributed by atoms with Gasteiger partial charge in [-0.3, -0.25) is 24.0 Å². The number of ketones is 5. The molecule has 11 aromatic rings. The number of allylic oxidation sites excluding steroid dienone is 1. The number of phenols is 4. The smallest absolute Gasteiger partial charge is 0.178 e. The van der Waals surface area contributed by atoms with Gasteiger partial charge in [-0.05, 0) is 287 Å². The highest BCUT2D eigenvalue weighted by molar-refractivity contribution is 7.99.